The van der Waals surface area contributed by atoms with Crippen LogP contribution in [0.5, 0.6) is 5.75 Å². The van der Waals surface area contributed by atoms with E-state index >= 15 is 0 Å². The Balaban J connectivity index is 0.00000135. The van der Waals surface area contributed by atoms with Gasteiger partial charge in [-0.2, -0.15) is 0 Å². The molecule has 0 fully saturated rings. The lowest BCUT2D eigenvalue weighted by molar-refractivity contribution is -0.153. The first kappa shape index (κ1) is 19.7. The van der Waals surface area contributed by atoms with Crippen molar-refractivity contribution in [3.05, 3.63) is 43.0 Å². The summed E-state index contributed by atoms with van der Waals surface area (Å²) in [6.45, 7) is 7.39. The smallest absolute Gasteiger partial charge is 0.306 e. The molecule has 5 nitrogen and oxygen atoms in total. The SMILES string of the molecule is C=CC.CCC(COc1ccccc1)OC(=O)CCC(=O)O. The summed E-state index contributed by atoms with van der Waals surface area (Å²) in [4.78, 5) is 21.7. The maximum atomic E-state index is 11.4. The van der Waals surface area contributed by atoms with E-state index < -0.39 is 11.9 Å². The van der Waals surface area contributed by atoms with Crippen molar-refractivity contribution in [2.24, 2.45) is 0 Å². The zero-order valence-corrected chi connectivity index (χ0v) is 13.2. The van der Waals surface area contributed by atoms with Gasteiger partial charge in [0, 0.05) is 0 Å². The van der Waals surface area contributed by atoms with Gasteiger partial charge >= 0.3 is 11.9 Å². The molecular formula is C17H24O5. The third-order valence-electron chi connectivity index (χ3n) is 2.48. The number of aliphatic carboxylic acids is 1. The maximum absolute atomic E-state index is 11.4. The van der Waals surface area contributed by atoms with Crippen LogP contribution in [0.2, 0.25) is 0 Å². The van der Waals surface area contributed by atoms with Crippen molar-refractivity contribution in [2.75, 3.05) is 6.61 Å². The van der Waals surface area contributed by atoms with Crippen LogP contribution in [0, 0.1) is 0 Å². The zero-order valence-electron chi connectivity index (χ0n) is 13.2. The molecular weight excluding hydrogens is 284 g/mol. The van der Waals surface area contributed by atoms with Crippen LogP contribution in [-0.2, 0) is 14.3 Å². The quantitative estimate of drug-likeness (QED) is 0.588. The molecule has 1 atom stereocenters. The lowest BCUT2D eigenvalue weighted by Gasteiger charge is -2.16. The molecule has 1 unspecified atom stereocenters. The van der Waals surface area contributed by atoms with E-state index in [-0.39, 0.29) is 25.6 Å². The van der Waals surface area contributed by atoms with Crippen LogP contribution in [0.1, 0.15) is 33.1 Å². The number of allylic oxidation sites excluding steroid dienone is 1. The lowest BCUT2D eigenvalue weighted by Crippen LogP contribution is -2.24. The minimum Gasteiger partial charge on any atom is -0.490 e. The lowest BCUT2D eigenvalue weighted by atomic mass is 10.2. The number of benzene rings is 1. The van der Waals surface area contributed by atoms with E-state index in [4.69, 9.17) is 14.6 Å². The normalized spacial score (nSPS) is 10.6. The van der Waals surface area contributed by atoms with Gasteiger partial charge in [0.1, 0.15) is 18.5 Å². The fourth-order valence-electron chi connectivity index (χ4n) is 1.39. The number of hydrogen-bond acceptors (Lipinski definition) is 4. The molecule has 0 aromatic heterocycles. The van der Waals surface area contributed by atoms with Crippen LogP contribution in [-0.4, -0.2) is 29.8 Å². The van der Waals surface area contributed by atoms with Crippen molar-refractivity contribution in [1.29, 1.82) is 0 Å². The predicted molar refractivity (Wildman–Crippen MR) is 84.8 cm³/mol. The van der Waals surface area contributed by atoms with Gasteiger partial charge in [0.25, 0.3) is 0 Å². The zero-order chi connectivity index (χ0) is 16.8. The van der Waals surface area contributed by atoms with E-state index in [2.05, 4.69) is 6.58 Å². The number of ether oxygens (including phenoxy) is 2. The van der Waals surface area contributed by atoms with Gasteiger partial charge in [0.05, 0.1) is 12.8 Å². The molecule has 1 aromatic rings. The standard InChI is InChI=1S/C14H18O5.C3H6/c1-2-11(19-14(17)9-8-13(15)16)10-18-12-6-4-3-5-7-12;1-3-2/h3-7,11H,2,8-10H2,1H3,(H,15,16);3H,1H2,2H3. The van der Waals surface area contributed by atoms with Crippen LogP contribution in [0.4, 0.5) is 0 Å². The second-order valence-corrected chi connectivity index (χ2v) is 4.45. The summed E-state index contributed by atoms with van der Waals surface area (Å²) < 4.78 is 10.6. The van der Waals surface area contributed by atoms with Crippen molar-refractivity contribution in [3.8, 4) is 5.75 Å². The Bertz CT molecular complexity index is 442. The van der Waals surface area contributed by atoms with E-state index in [9.17, 15) is 9.59 Å². The number of para-hydroxylation sites is 1. The summed E-state index contributed by atoms with van der Waals surface area (Å²) in [5.41, 5.74) is 0. The van der Waals surface area contributed by atoms with Gasteiger partial charge in [0.15, 0.2) is 0 Å². The van der Waals surface area contributed by atoms with Crippen molar-refractivity contribution >= 4 is 11.9 Å². The average Bonchev–Trinajstić information content (AvgIpc) is 2.51. The molecule has 0 bridgehead atoms. The maximum Gasteiger partial charge on any atom is 0.306 e. The number of carbonyl (C=O) groups excluding carboxylic acids is 1. The highest BCUT2D eigenvalue weighted by atomic mass is 16.6. The molecule has 0 radical (unpaired) electrons. The number of esters is 1. The Kier molecular flexibility index (Phi) is 11.1. The van der Waals surface area contributed by atoms with E-state index in [0.29, 0.717) is 12.2 Å². The summed E-state index contributed by atoms with van der Waals surface area (Å²) in [6, 6.07) is 9.23. The van der Waals surface area contributed by atoms with Crippen LogP contribution >= 0.6 is 0 Å². The summed E-state index contributed by atoms with van der Waals surface area (Å²) in [7, 11) is 0. The number of rotatable bonds is 8. The minimum atomic E-state index is -1.01. The van der Waals surface area contributed by atoms with Gasteiger partial charge in [-0.05, 0) is 25.5 Å². The number of carboxylic acids is 1. The fourth-order valence-corrected chi connectivity index (χ4v) is 1.39. The topological polar surface area (TPSA) is 72.8 Å². The van der Waals surface area contributed by atoms with Gasteiger partial charge in [-0.3, -0.25) is 9.59 Å². The van der Waals surface area contributed by atoms with Crippen LogP contribution in [0.3, 0.4) is 0 Å². The first-order chi connectivity index (χ1) is 10.5. The van der Waals surface area contributed by atoms with Gasteiger partial charge in [-0.1, -0.05) is 31.2 Å². The predicted octanol–water partition coefficient (Wildman–Crippen LogP) is 3.44. The molecule has 122 valence electrons. The number of carbonyl (C=O) groups is 2. The Hall–Kier alpha value is -2.30. The molecule has 0 heterocycles. The molecule has 0 aliphatic carbocycles. The third-order valence-corrected chi connectivity index (χ3v) is 2.48. The van der Waals surface area contributed by atoms with E-state index in [1.54, 1.807) is 6.08 Å². The van der Waals surface area contributed by atoms with E-state index in [0.717, 1.165) is 0 Å². The summed E-state index contributed by atoms with van der Waals surface area (Å²) in [5.74, 6) is -0.806. The van der Waals surface area contributed by atoms with E-state index in [1.807, 2.05) is 44.2 Å². The first-order valence-corrected chi connectivity index (χ1v) is 7.19. The van der Waals surface area contributed by atoms with Gasteiger partial charge < -0.3 is 14.6 Å². The molecule has 0 saturated heterocycles. The second-order valence-electron chi connectivity index (χ2n) is 4.45. The van der Waals surface area contributed by atoms with E-state index in [1.165, 1.54) is 0 Å². The van der Waals surface area contributed by atoms with Gasteiger partial charge in [-0.15, -0.1) is 6.58 Å². The highest BCUT2D eigenvalue weighted by Crippen LogP contribution is 2.10. The van der Waals surface area contributed by atoms with Crippen molar-refractivity contribution in [3.63, 3.8) is 0 Å². The first-order valence-electron chi connectivity index (χ1n) is 7.19. The fraction of sp³-hybridized carbons (Fsp3) is 0.412. The average molecular weight is 308 g/mol. The molecule has 0 amide bonds. The third kappa shape index (κ3) is 10.5. The minimum absolute atomic E-state index is 0.114. The molecule has 0 aliphatic rings. The van der Waals surface area contributed by atoms with Crippen LogP contribution in [0.25, 0.3) is 0 Å². The molecule has 5 heteroatoms. The van der Waals surface area contributed by atoms with Gasteiger partial charge in [-0.25, -0.2) is 0 Å². The molecule has 1 N–H and O–H groups in total. The summed E-state index contributed by atoms with van der Waals surface area (Å²) in [6.07, 6.45) is 1.68. The van der Waals surface area contributed by atoms with Crippen LogP contribution < -0.4 is 4.74 Å². The molecule has 0 aliphatic heterocycles. The summed E-state index contributed by atoms with van der Waals surface area (Å²) >= 11 is 0. The Morgan fingerprint density at radius 1 is 1.27 bits per heavy atom. The second kappa shape index (κ2) is 12.4. The highest BCUT2D eigenvalue weighted by molar-refractivity contribution is 5.76. The molecule has 1 aromatic carbocycles. The molecule has 0 spiro atoms. The number of hydrogen-bond donors (Lipinski definition) is 1. The molecule has 1 rings (SSSR count). The monoisotopic (exact) mass is 308 g/mol. The molecule has 0 saturated carbocycles. The van der Waals surface area contributed by atoms with Crippen molar-refractivity contribution in [1.82, 2.24) is 0 Å². The molecule has 22 heavy (non-hydrogen) atoms. The Labute approximate surface area is 131 Å². The van der Waals surface area contributed by atoms with Gasteiger partial charge in [0.2, 0.25) is 0 Å². The Morgan fingerprint density at radius 2 is 1.86 bits per heavy atom. The van der Waals surface area contributed by atoms with Crippen molar-refractivity contribution in [2.45, 2.75) is 39.2 Å². The highest BCUT2D eigenvalue weighted by Gasteiger charge is 2.14. The summed E-state index contributed by atoms with van der Waals surface area (Å²) in [5, 5.41) is 8.47. The van der Waals surface area contributed by atoms with Crippen LogP contribution in [0.15, 0.2) is 43.0 Å². The Morgan fingerprint density at radius 3 is 2.36 bits per heavy atom. The number of carboxylic acid groups (broad SMARTS) is 1. The largest absolute Gasteiger partial charge is 0.490 e. The van der Waals surface area contributed by atoms with Crippen molar-refractivity contribution < 1.29 is 24.2 Å².